The minimum Gasteiger partial charge on any atom is -0.455 e. The van der Waals surface area contributed by atoms with Gasteiger partial charge in [0.05, 0.1) is 10.7 Å². The van der Waals surface area contributed by atoms with Crippen LogP contribution in [0.4, 0.5) is 0 Å². The van der Waals surface area contributed by atoms with Crippen LogP contribution in [0.5, 0.6) is 11.5 Å². The Morgan fingerprint density at radius 3 is 2.67 bits per heavy atom. The van der Waals surface area contributed by atoms with E-state index >= 15 is 0 Å². The van der Waals surface area contributed by atoms with Crippen LogP contribution in [0, 0.1) is 12.8 Å². The second-order valence-electron chi connectivity index (χ2n) is 5.53. The molecule has 0 saturated heterocycles. The zero-order chi connectivity index (χ0) is 15.2. The first-order chi connectivity index (χ1) is 10.0. The number of halogens is 1. The quantitative estimate of drug-likeness (QED) is 0.822. The van der Waals surface area contributed by atoms with Crippen molar-refractivity contribution in [3.05, 3.63) is 52.3 Å². The molecule has 0 fully saturated rings. The Labute approximate surface area is 134 Å². The molecule has 0 aliphatic heterocycles. The Morgan fingerprint density at radius 1 is 1.24 bits per heavy atom. The average Bonchev–Trinajstić information content (AvgIpc) is 2.44. The van der Waals surface area contributed by atoms with Gasteiger partial charge in [0.25, 0.3) is 0 Å². The molecule has 0 saturated carbocycles. The van der Waals surface area contributed by atoms with Gasteiger partial charge in [0.1, 0.15) is 11.5 Å². The largest absolute Gasteiger partial charge is 0.455 e. The van der Waals surface area contributed by atoms with E-state index in [9.17, 15) is 0 Å². The van der Waals surface area contributed by atoms with E-state index < -0.39 is 0 Å². The van der Waals surface area contributed by atoms with Crippen LogP contribution in [0.1, 0.15) is 25.1 Å². The van der Waals surface area contributed by atoms with Gasteiger partial charge in [0.2, 0.25) is 0 Å². The summed E-state index contributed by atoms with van der Waals surface area (Å²) in [5.74, 6) is 2.20. The number of aromatic nitrogens is 1. The molecular weight excluding hydrogens is 328 g/mol. The molecule has 112 valence electrons. The van der Waals surface area contributed by atoms with Gasteiger partial charge in [0, 0.05) is 12.2 Å². The number of benzene rings is 1. The van der Waals surface area contributed by atoms with Crippen LogP contribution < -0.4 is 10.1 Å². The van der Waals surface area contributed by atoms with Crippen LogP contribution in [0.2, 0.25) is 0 Å². The van der Waals surface area contributed by atoms with E-state index in [0.717, 1.165) is 34.8 Å². The molecule has 2 aromatic rings. The molecule has 1 aromatic carbocycles. The lowest BCUT2D eigenvalue weighted by Gasteiger charge is -2.11. The molecule has 1 heterocycles. The van der Waals surface area contributed by atoms with Crippen LogP contribution in [0.3, 0.4) is 0 Å². The molecule has 0 bridgehead atoms. The van der Waals surface area contributed by atoms with E-state index in [2.05, 4.69) is 52.2 Å². The SMILES string of the molecule is Cc1ccc(Oc2ccc(CNCC(C)C)cc2Br)cn1. The standard InChI is InChI=1S/C17H21BrN2O/c1-12(2)9-19-10-14-5-7-17(16(18)8-14)21-15-6-4-13(3)20-11-15/h4-8,11-12,19H,9-10H2,1-3H3. The number of hydrogen-bond donors (Lipinski definition) is 1. The molecule has 0 aliphatic carbocycles. The molecule has 0 amide bonds. The molecule has 0 aliphatic rings. The third-order valence-electron chi connectivity index (χ3n) is 2.99. The summed E-state index contributed by atoms with van der Waals surface area (Å²) in [5.41, 5.74) is 2.21. The summed E-state index contributed by atoms with van der Waals surface area (Å²) in [6, 6.07) is 10.0. The molecule has 3 nitrogen and oxygen atoms in total. The summed E-state index contributed by atoms with van der Waals surface area (Å²) in [4.78, 5) is 4.23. The third-order valence-corrected chi connectivity index (χ3v) is 3.61. The van der Waals surface area contributed by atoms with E-state index in [4.69, 9.17) is 4.74 Å². The molecule has 0 atom stereocenters. The number of hydrogen-bond acceptors (Lipinski definition) is 3. The summed E-state index contributed by atoms with van der Waals surface area (Å²) >= 11 is 3.57. The summed E-state index contributed by atoms with van der Waals surface area (Å²) in [6.45, 7) is 8.25. The Morgan fingerprint density at radius 2 is 2.05 bits per heavy atom. The first-order valence-electron chi connectivity index (χ1n) is 7.14. The Hall–Kier alpha value is -1.39. The molecule has 4 heteroatoms. The van der Waals surface area contributed by atoms with Gasteiger partial charge in [-0.1, -0.05) is 19.9 Å². The maximum absolute atomic E-state index is 5.83. The molecule has 1 N–H and O–H groups in total. The fourth-order valence-corrected chi connectivity index (χ4v) is 2.39. The highest BCUT2D eigenvalue weighted by atomic mass is 79.9. The van der Waals surface area contributed by atoms with Gasteiger partial charge in [-0.25, -0.2) is 0 Å². The van der Waals surface area contributed by atoms with Crippen molar-refractivity contribution in [2.24, 2.45) is 5.92 Å². The van der Waals surface area contributed by atoms with Crippen LogP contribution >= 0.6 is 15.9 Å². The summed E-state index contributed by atoms with van der Waals surface area (Å²) < 4.78 is 6.78. The molecule has 1 aromatic heterocycles. The minimum atomic E-state index is 0.657. The lowest BCUT2D eigenvalue weighted by Crippen LogP contribution is -2.18. The van der Waals surface area contributed by atoms with E-state index in [1.165, 1.54) is 5.56 Å². The number of rotatable bonds is 6. The number of ether oxygens (including phenoxy) is 1. The van der Waals surface area contributed by atoms with Crippen molar-refractivity contribution in [2.75, 3.05) is 6.54 Å². The Kier molecular flexibility index (Phi) is 5.76. The number of nitrogens with one attached hydrogen (secondary N) is 1. The molecule has 0 unspecified atom stereocenters. The summed E-state index contributed by atoms with van der Waals surface area (Å²) in [7, 11) is 0. The molecule has 0 radical (unpaired) electrons. The highest BCUT2D eigenvalue weighted by Gasteiger charge is 2.05. The minimum absolute atomic E-state index is 0.657. The number of nitrogens with zero attached hydrogens (tertiary/aromatic N) is 1. The van der Waals surface area contributed by atoms with Crippen molar-refractivity contribution < 1.29 is 4.74 Å². The van der Waals surface area contributed by atoms with Crippen molar-refractivity contribution in [1.29, 1.82) is 0 Å². The van der Waals surface area contributed by atoms with Crippen molar-refractivity contribution in [3.8, 4) is 11.5 Å². The van der Waals surface area contributed by atoms with E-state index in [1.54, 1.807) is 6.20 Å². The molecular formula is C17H21BrN2O. The number of aryl methyl sites for hydroxylation is 1. The normalized spacial score (nSPS) is 10.9. The van der Waals surface area contributed by atoms with Gasteiger partial charge in [-0.15, -0.1) is 0 Å². The fourth-order valence-electron chi connectivity index (χ4n) is 1.88. The van der Waals surface area contributed by atoms with Crippen molar-refractivity contribution in [1.82, 2.24) is 10.3 Å². The number of pyridine rings is 1. The van der Waals surface area contributed by atoms with E-state index in [0.29, 0.717) is 5.92 Å². The maximum Gasteiger partial charge on any atom is 0.145 e. The third kappa shape index (κ3) is 5.14. The Bertz CT molecular complexity index is 582. The monoisotopic (exact) mass is 348 g/mol. The molecule has 2 rings (SSSR count). The summed E-state index contributed by atoms with van der Waals surface area (Å²) in [5, 5.41) is 3.43. The smallest absolute Gasteiger partial charge is 0.145 e. The Balaban J connectivity index is 2.00. The fraction of sp³-hybridized carbons (Fsp3) is 0.353. The van der Waals surface area contributed by atoms with Crippen LogP contribution in [0.15, 0.2) is 41.0 Å². The molecule has 0 spiro atoms. The van der Waals surface area contributed by atoms with Crippen molar-refractivity contribution >= 4 is 15.9 Å². The second kappa shape index (κ2) is 7.57. The van der Waals surface area contributed by atoms with E-state index in [-0.39, 0.29) is 0 Å². The molecule has 21 heavy (non-hydrogen) atoms. The second-order valence-corrected chi connectivity index (χ2v) is 6.38. The average molecular weight is 349 g/mol. The summed E-state index contributed by atoms with van der Waals surface area (Å²) in [6.07, 6.45) is 1.74. The van der Waals surface area contributed by atoms with Crippen molar-refractivity contribution in [2.45, 2.75) is 27.3 Å². The maximum atomic E-state index is 5.83. The van der Waals surface area contributed by atoms with Crippen LogP contribution in [-0.4, -0.2) is 11.5 Å². The first kappa shape index (κ1) is 16.0. The lowest BCUT2D eigenvalue weighted by atomic mass is 10.2. The van der Waals surface area contributed by atoms with Gasteiger partial charge in [0.15, 0.2) is 0 Å². The van der Waals surface area contributed by atoms with Gasteiger partial charge in [-0.2, -0.15) is 0 Å². The highest BCUT2D eigenvalue weighted by Crippen LogP contribution is 2.30. The predicted molar refractivity (Wildman–Crippen MR) is 89.7 cm³/mol. The predicted octanol–water partition coefficient (Wildman–Crippen LogP) is 4.69. The van der Waals surface area contributed by atoms with Gasteiger partial charge in [-0.05, 0) is 65.1 Å². The van der Waals surface area contributed by atoms with E-state index in [1.807, 2.05) is 25.1 Å². The highest BCUT2D eigenvalue weighted by molar-refractivity contribution is 9.10. The van der Waals surface area contributed by atoms with Crippen LogP contribution in [0.25, 0.3) is 0 Å². The van der Waals surface area contributed by atoms with Gasteiger partial charge in [-0.3, -0.25) is 4.98 Å². The lowest BCUT2D eigenvalue weighted by molar-refractivity contribution is 0.476. The zero-order valence-electron chi connectivity index (χ0n) is 12.7. The van der Waals surface area contributed by atoms with Crippen molar-refractivity contribution in [3.63, 3.8) is 0 Å². The zero-order valence-corrected chi connectivity index (χ0v) is 14.3. The van der Waals surface area contributed by atoms with Crippen LogP contribution in [-0.2, 0) is 6.54 Å². The topological polar surface area (TPSA) is 34.1 Å². The van der Waals surface area contributed by atoms with Gasteiger partial charge < -0.3 is 10.1 Å². The van der Waals surface area contributed by atoms with Gasteiger partial charge >= 0.3 is 0 Å². The first-order valence-corrected chi connectivity index (χ1v) is 7.93.